The van der Waals surface area contributed by atoms with Crippen LogP contribution in [-0.4, -0.2) is 19.2 Å². The number of esters is 1. The second kappa shape index (κ2) is 15.3. The van der Waals surface area contributed by atoms with E-state index in [1.807, 2.05) is 0 Å². The molecule has 182 valence electrons. The second-order valence-corrected chi connectivity index (χ2v) is 10.4. The highest BCUT2D eigenvalue weighted by Crippen LogP contribution is 2.36. The first-order valence-electron chi connectivity index (χ1n) is 13.4. The van der Waals surface area contributed by atoms with Crippen molar-refractivity contribution in [3.05, 3.63) is 29.8 Å². The molecule has 0 N–H and O–H groups in total. The van der Waals surface area contributed by atoms with Crippen molar-refractivity contribution in [2.75, 3.05) is 13.2 Å². The van der Waals surface area contributed by atoms with Gasteiger partial charge in [0.15, 0.2) is 0 Å². The molecule has 1 saturated carbocycles. The van der Waals surface area contributed by atoms with E-state index < -0.39 is 0 Å². The number of ether oxygens (including phenoxy) is 2. The first kappa shape index (κ1) is 26.7. The van der Waals surface area contributed by atoms with E-state index in [1.54, 1.807) is 0 Å². The van der Waals surface area contributed by atoms with Gasteiger partial charge in [0.2, 0.25) is 0 Å². The topological polar surface area (TPSA) is 35.5 Å². The summed E-state index contributed by atoms with van der Waals surface area (Å²) in [5.74, 6) is 3.07. The maximum Gasteiger partial charge on any atom is 0.308 e. The van der Waals surface area contributed by atoms with Gasteiger partial charge in [-0.1, -0.05) is 78.4 Å². The highest BCUT2D eigenvalue weighted by Gasteiger charge is 2.28. The molecule has 3 heteroatoms. The van der Waals surface area contributed by atoms with E-state index in [2.05, 4.69) is 52.0 Å². The van der Waals surface area contributed by atoms with Gasteiger partial charge in [-0.05, 0) is 74.0 Å². The van der Waals surface area contributed by atoms with Crippen LogP contribution in [0.25, 0.3) is 0 Å². The number of carbonyl (C=O) groups is 1. The van der Waals surface area contributed by atoms with Gasteiger partial charge in [-0.25, -0.2) is 0 Å². The molecular weight excluding hydrogens is 396 g/mol. The minimum absolute atomic E-state index is 0.0321. The molecule has 0 saturated heterocycles. The minimum Gasteiger partial charge on any atom is -0.494 e. The minimum atomic E-state index is 0.0321. The summed E-state index contributed by atoms with van der Waals surface area (Å²) < 4.78 is 11.5. The van der Waals surface area contributed by atoms with E-state index in [4.69, 9.17) is 9.47 Å². The highest BCUT2D eigenvalue weighted by molar-refractivity contribution is 5.72. The first-order valence-corrected chi connectivity index (χ1v) is 13.4. The van der Waals surface area contributed by atoms with E-state index in [1.165, 1.54) is 44.1 Å². The molecule has 2 rings (SSSR count). The van der Waals surface area contributed by atoms with Crippen molar-refractivity contribution >= 4 is 5.97 Å². The average molecular weight is 445 g/mol. The quantitative estimate of drug-likeness (QED) is 0.201. The summed E-state index contributed by atoms with van der Waals surface area (Å²) in [6.45, 7) is 10.5. The molecule has 1 aromatic carbocycles. The molecule has 1 aromatic rings. The summed E-state index contributed by atoms with van der Waals surface area (Å²) in [6, 6.07) is 8.65. The summed E-state index contributed by atoms with van der Waals surface area (Å²) in [7, 11) is 0. The lowest BCUT2D eigenvalue weighted by Crippen LogP contribution is -2.23. The molecule has 0 bridgehead atoms. The third-order valence-electron chi connectivity index (χ3n) is 7.01. The van der Waals surface area contributed by atoms with Crippen LogP contribution in [0.5, 0.6) is 5.75 Å². The third-order valence-corrected chi connectivity index (χ3v) is 7.01. The Bertz CT molecular complexity index is 614. The monoisotopic (exact) mass is 444 g/mol. The van der Waals surface area contributed by atoms with E-state index in [9.17, 15) is 4.79 Å². The number of unbranched alkanes of at least 4 members (excludes halogenated alkanes) is 3. The zero-order valence-corrected chi connectivity index (χ0v) is 21.2. The Morgan fingerprint density at radius 1 is 0.875 bits per heavy atom. The Morgan fingerprint density at radius 3 is 2.25 bits per heavy atom. The molecule has 0 amide bonds. The van der Waals surface area contributed by atoms with Crippen LogP contribution in [0, 0.1) is 17.8 Å². The summed E-state index contributed by atoms with van der Waals surface area (Å²) in [4.78, 5) is 12.5. The van der Waals surface area contributed by atoms with Crippen LogP contribution in [0.2, 0.25) is 0 Å². The van der Waals surface area contributed by atoms with Gasteiger partial charge in [0.05, 0.1) is 19.1 Å². The lowest BCUT2D eigenvalue weighted by Gasteiger charge is -2.27. The summed E-state index contributed by atoms with van der Waals surface area (Å²) >= 11 is 0. The molecule has 1 unspecified atom stereocenters. The smallest absolute Gasteiger partial charge is 0.308 e. The lowest BCUT2D eigenvalue weighted by molar-refractivity contribution is -0.150. The zero-order chi connectivity index (χ0) is 23.2. The zero-order valence-electron chi connectivity index (χ0n) is 21.2. The van der Waals surface area contributed by atoms with E-state index in [0.717, 1.165) is 56.8 Å². The Hall–Kier alpha value is -1.51. The van der Waals surface area contributed by atoms with Crippen molar-refractivity contribution in [1.29, 1.82) is 0 Å². The summed E-state index contributed by atoms with van der Waals surface area (Å²) in [6.07, 6.45) is 13.8. The molecule has 0 radical (unpaired) electrons. The molecule has 0 heterocycles. The Labute approximate surface area is 197 Å². The fraction of sp³-hybridized carbons (Fsp3) is 0.759. The summed E-state index contributed by atoms with van der Waals surface area (Å²) in [5.41, 5.74) is 1.38. The highest BCUT2D eigenvalue weighted by atomic mass is 16.5. The van der Waals surface area contributed by atoms with Crippen molar-refractivity contribution in [1.82, 2.24) is 0 Å². The Morgan fingerprint density at radius 2 is 1.59 bits per heavy atom. The number of hydrogen-bond donors (Lipinski definition) is 0. The van der Waals surface area contributed by atoms with Gasteiger partial charge in [0.1, 0.15) is 5.75 Å². The van der Waals surface area contributed by atoms with Crippen molar-refractivity contribution < 1.29 is 14.3 Å². The van der Waals surface area contributed by atoms with Crippen molar-refractivity contribution in [2.24, 2.45) is 17.8 Å². The molecule has 32 heavy (non-hydrogen) atoms. The molecule has 0 aliphatic heterocycles. The van der Waals surface area contributed by atoms with Crippen LogP contribution in [0.4, 0.5) is 0 Å². The van der Waals surface area contributed by atoms with Gasteiger partial charge >= 0.3 is 5.97 Å². The van der Waals surface area contributed by atoms with Crippen LogP contribution in [0.1, 0.15) is 116 Å². The van der Waals surface area contributed by atoms with Crippen molar-refractivity contribution in [2.45, 2.75) is 111 Å². The average Bonchev–Trinajstić information content (AvgIpc) is 2.79. The number of hydrogen-bond acceptors (Lipinski definition) is 3. The maximum atomic E-state index is 12.5. The fourth-order valence-electron chi connectivity index (χ4n) is 4.71. The van der Waals surface area contributed by atoms with E-state index in [-0.39, 0.29) is 11.9 Å². The fourth-order valence-corrected chi connectivity index (χ4v) is 4.71. The van der Waals surface area contributed by atoms with Gasteiger partial charge in [0, 0.05) is 0 Å². The predicted molar refractivity (Wildman–Crippen MR) is 134 cm³/mol. The lowest BCUT2D eigenvalue weighted by atomic mass is 9.79. The van der Waals surface area contributed by atoms with Gasteiger partial charge < -0.3 is 9.47 Å². The van der Waals surface area contributed by atoms with E-state index >= 15 is 0 Å². The molecule has 1 fully saturated rings. The van der Waals surface area contributed by atoms with E-state index in [0.29, 0.717) is 18.4 Å². The molecule has 1 aliphatic carbocycles. The van der Waals surface area contributed by atoms with Crippen molar-refractivity contribution in [3.8, 4) is 5.75 Å². The molecule has 1 atom stereocenters. The van der Waals surface area contributed by atoms with Gasteiger partial charge in [0.25, 0.3) is 0 Å². The maximum absolute atomic E-state index is 12.5. The Balaban J connectivity index is 1.62. The van der Waals surface area contributed by atoms with Gasteiger partial charge in [-0.15, -0.1) is 0 Å². The largest absolute Gasteiger partial charge is 0.494 e. The molecular formula is C29H48O3. The second-order valence-electron chi connectivity index (χ2n) is 10.4. The van der Waals surface area contributed by atoms with Crippen LogP contribution in [0.15, 0.2) is 24.3 Å². The number of carbonyl (C=O) groups excluding carboxylic acids is 1. The molecule has 1 aliphatic rings. The van der Waals surface area contributed by atoms with Gasteiger partial charge in [-0.3, -0.25) is 4.79 Å². The standard InChI is InChI=1S/C29H48O3/c1-5-6-7-8-21-31-28-18-16-26(17-19-28)25-12-14-27(15-13-25)29(30)32-22-20-24(4)11-9-10-23(2)3/h16-19,23-25,27H,5-15,20-22H2,1-4H3. The van der Waals surface area contributed by atoms with Crippen LogP contribution < -0.4 is 4.74 Å². The Kier molecular flexibility index (Phi) is 12.8. The number of benzene rings is 1. The molecule has 0 spiro atoms. The van der Waals surface area contributed by atoms with Gasteiger partial charge in [-0.2, -0.15) is 0 Å². The number of rotatable bonds is 15. The van der Waals surface area contributed by atoms with Crippen LogP contribution in [-0.2, 0) is 9.53 Å². The van der Waals surface area contributed by atoms with Crippen molar-refractivity contribution in [3.63, 3.8) is 0 Å². The first-order chi connectivity index (χ1) is 15.5. The predicted octanol–water partition coefficient (Wildman–Crippen LogP) is 8.32. The van der Waals surface area contributed by atoms with Crippen LogP contribution in [0.3, 0.4) is 0 Å². The third kappa shape index (κ3) is 10.4. The SMILES string of the molecule is CCCCCCOc1ccc(C2CCC(C(=O)OCCC(C)CCCC(C)C)CC2)cc1. The molecule has 3 nitrogen and oxygen atoms in total. The molecule has 0 aromatic heterocycles. The normalized spacial score (nSPS) is 19.7. The summed E-state index contributed by atoms with van der Waals surface area (Å²) in [5, 5.41) is 0. The van der Waals surface area contributed by atoms with Crippen LogP contribution >= 0.6 is 0 Å².